The van der Waals surface area contributed by atoms with Gasteiger partial charge in [-0.2, -0.15) is 0 Å². The van der Waals surface area contributed by atoms with Crippen LogP contribution in [0.2, 0.25) is 0 Å². The smallest absolute Gasteiger partial charge is 0.337 e. The summed E-state index contributed by atoms with van der Waals surface area (Å²) < 4.78 is 5.52. The standard InChI is InChI=1S/C19H17NO5/c1-2-10-24-14-7-5-6-13(11-14)12-17(21)25-20-18(22)15-8-3-4-9-16(15)19(20)23/h3-9,11H,2,10,12H2,1H3. The van der Waals surface area contributed by atoms with Gasteiger partial charge >= 0.3 is 5.97 Å². The first-order chi connectivity index (χ1) is 12.1. The molecule has 0 aliphatic carbocycles. The van der Waals surface area contributed by atoms with Gasteiger partial charge in [-0.3, -0.25) is 9.59 Å². The maximum atomic E-state index is 12.2. The molecule has 25 heavy (non-hydrogen) atoms. The molecule has 2 aromatic carbocycles. The zero-order chi connectivity index (χ0) is 17.8. The zero-order valence-corrected chi connectivity index (χ0v) is 13.7. The first-order valence-electron chi connectivity index (χ1n) is 8.00. The first kappa shape index (κ1) is 16.7. The summed E-state index contributed by atoms with van der Waals surface area (Å²) in [4.78, 5) is 41.5. The fourth-order valence-corrected chi connectivity index (χ4v) is 2.52. The zero-order valence-electron chi connectivity index (χ0n) is 13.7. The summed E-state index contributed by atoms with van der Waals surface area (Å²) in [5.74, 6) is -1.29. The van der Waals surface area contributed by atoms with E-state index in [-0.39, 0.29) is 17.5 Å². The van der Waals surface area contributed by atoms with Crippen molar-refractivity contribution in [3.05, 3.63) is 65.2 Å². The summed E-state index contributed by atoms with van der Waals surface area (Å²) >= 11 is 0. The molecule has 128 valence electrons. The van der Waals surface area contributed by atoms with Crippen LogP contribution >= 0.6 is 0 Å². The molecule has 0 unspecified atom stereocenters. The van der Waals surface area contributed by atoms with Crippen LogP contribution in [0, 0.1) is 0 Å². The number of benzene rings is 2. The molecule has 0 spiro atoms. The number of fused-ring (bicyclic) bond motifs is 1. The van der Waals surface area contributed by atoms with Crippen molar-refractivity contribution in [1.82, 2.24) is 5.06 Å². The Morgan fingerprint density at radius 2 is 1.68 bits per heavy atom. The van der Waals surface area contributed by atoms with Gasteiger partial charge in [-0.25, -0.2) is 4.79 Å². The third-order valence-corrected chi connectivity index (χ3v) is 3.67. The average Bonchev–Trinajstić information content (AvgIpc) is 2.85. The Labute approximate surface area is 144 Å². The molecule has 0 fully saturated rings. The fraction of sp³-hybridized carbons (Fsp3) is 0.211. The maximum absolute atomic E-state index is 12.2. The van der Waals surface area contributed by atoms with Crippen LogP contribution in [0.25, 0.3) is 0 Å². The fourth-order valence-electron chi connectivity index (χ4n) is 2.52. The summed E-state index contributed by atoms with van der Waals surface area (Å²) in [5, 5.41) is 0.518. The predicted octanol–water partition coefficient (Wildman–Crippen LogP) is 2.77. The molecule has 2 amide bonds. The Balaban J connectivity index is 1.66. The normalized spacial score (nSPS) is 12.9. The van der Waals surface area contributed by atoms with Crippen LogP contribution in [-0.2, 0) is 16.1 Å². The molecule has 1 aliphatic heterocycles. The van der Waals surface area contributed by atoms with Crippen molar-refractivity contribution >= 4 is 17.8 Å². The number of nitrogens with zero attached hydrogens (tertiary/aromatic N) is 1. The molecule has 0 saturated heterocycles. The number of carbonyl (C=O) groups excluding carboxylic acids is 3. The van der Waals surface area contributed by atoms with Crippen molar-refractivity contribution in [1.29, 1.82) is 0 Å². The van der Waals surface area contributed by atoms with Crippen molar-refractivity contribution in [2.75, 3.05) is 6.61 Å². The number of imide groups is 1. The Hall–Kier alpha value is -3.15. The number of ether oxygens (including phenoxy) is 1. The van der Waals surface area contributed by atoms with Gasteiger partial charge in [0.2, 0.25) is 0 Å². The van der Waals surface area contributed by atoms with Crippen LogP contribution in [0.1, 0.15) is 39.6 Å². The molecule has 0 saturated carbocycles. The minimum Gasteiger partial charge on any atom is -0.494 e. The van der Waals surface area contributed by atoms with Crippen molar-refractivity contribution in [3.63, 3.8) is 0 Å². The molecule has 0 aromatic heterocycles. The van der Waals surface area contributed by atoms with Gasteiger partial charge < -0.3 is 9.57 Å². The number of hydrogen-bond acceptors (Lipinski definition) is 5. The van der Waals surface area contributed by atoms with E-state index < -0.39 is 17.8 Å². The molecule has 0 bridgehead atoms. The Morgan fingerprint density at radius 3 is 2.32 bits per heavy atom. The van der Waals surface area contributed by atoms with Crippen molar-refractivity contribution in [2.24, 2.45) is 0 Å². The third-order valence-electron chi connectivity index (χ3n) is 3.67. The predicted molar refractivity (Wildman–Crippen MR) is 89.0 cm³/mol. The summed E-state index contributed by atoms with van der Waals surface area (Å²) in [6.45, 7) is 2.59. The highest BCUT2D eigenvalue weighted by Gasteiger charge is 2.38. The van der Waals surface area contributed by atoms with Crippen LogP contribution in [0.5, 0.6) is 5.75 Å². The second-order valence-electron chi connectivity index (χ2n) is 5.59. The Morgan fingerprint density at radius 1 is 1.00 bits per heavy atom. The largest absolute Gasteiger partial charge is 0.494 e. The number of amides is 2. The monoisotopic (exact) mass is 339 g/mol. The van der Waals surface area contributed by atoms with E-state index in [1.807, 2.05) is 6.92 Å². The summed E-state index contributed by atoms with van der Waals surface area (Å²) in [7, 11) is 0. The van der Waals surface area contributed by atoms with E-state index >= 15 is 0 Å². The van der Waals surface area contributed by atoms with E-state index in [0.29, 0.717) is 23.0 Å². The molecule has 2 aromatic rings. The topological polar surface area (TPSA) is 72.9 Å². The molecule has 6 nitrogen and oxygen atoms in total. The quantitative estimate of drug-likeness (QED) is 0.757. The second kappa shape index (κ2) is 7.17. The van der Waals surface area contributed by atoms with E-state index in [1.54, 1.807) is 36.4 Å². The summed E-state index contributed by atoms with van der Waals surface area (Å²) in [6, 6.07) is 13.4. The van der Waals surface area contributed by atoms with Crippen LogP contribution in [0.15, 0.2) is 48.5 Å². The summed E-state index contributed by atoms with van der Waals surface area (Å²) in [5.41, 5.74) is 1.14. The lowest BCUT2D eigenvalue weighted by Gasteiger charge is -2.13. The average molecular weight is 339 g/mol. The first-order valence-corrected chi connectivity index (χ1v) is 8.00. The molecule has 3 rings (SSSR count). The highest BCUT2D eigenvalue weighted by Crippen LogP contribution is 2.23. The number of rotatable bonds is 6. The molecule has 6 heteroatoms. The third kappa shape index (κ3) is 3.52. The van der Waals surface area contributed by atoms with Crippen LogP contribution < -0.4 is 4.74 Å². The summed E-state index contributed by atoms with van der Waals surface area (Å²) in [6.07, 6.45) is 0.808. The van der Waals surface area contributed by atoms with Crippen molar-refractivity contribution in [2.45, 2.75) is 19.8 Å². The van der Waals surface area contributed by atoms with Crippen molar-refractivity contribution < 1.29 is 24.0 Å². The van der Waals surface area contributed by atoms with Gasteiger partial charge in [0.05, 0.1) is 24.2 Å². The lowest BCUT2D eigenvalue weighted by Crippen LogP contribution is -2.33. The van der Waals surface area contributed by atoms with Gasteiger partial charge in [0.25, 0.3) is 11.8 Å². The molecule has 0 atom stereocenters. The molecular formula is C19H17NO5. The van der Waals surface area contributed by atoms with Gasteiger partial charge in [-0.1, -0.05) is 36.3 Å². The van der Waals surface area contributed by atoms with E-state index in [9.17, 15) is 14.4 Å². The number of hydrogen-bond donors (Lipinski definition) is 0. The SMILES string of the molecule is CCCOc1cccc(CC(=O)ON2C(=O)c3ccccc3C2=O)c1. The highest BCUT2D eigenvalue weighted by molar-refractivity contribution is 6.20. The van der Waals surface area contributed by atoms with Crippen LogP contribution in [0.4, 0.5) is 0 Å². The van der Waals surface area contributed by atoms with Gasteiger partial charge in [-0.05, 0) is 36.2 Å². The van der Waals surface area contributed by atoms with Gasteiger partial charge in [0.15, 0.2) is 0 Å². The maximum Gasteiger partial charge on any atom is 0.337 e. The lowest BCUT2D eigenvalue weighted by molar-refractivity contribution is -0.167. The minimum atomic E-state index is -0.692. The van der Waals surface area contributed by atoms with E-state index in [0.717, 1.165) is 6.42 Å². The Kier molecular flexibility index (Phi) is 4.79. The van der Waals surface area contributed by atoms with Crippen LogP contribution in [-0.4, -0.2) is 29.5 Å². The molecule has 1 heterocycles. The van der Waals surface area contributed by atoms with Crippen molar-refractivity contribution in [3.8, 4) is 5.75 Å². The Bertz CT molecular complexity index is 795. The highest BCUT2D eigenvalue weighted by atomic mass is 16.7. The molecular weight excluding hydrogens is 322 g/mol. The second-order valence-corrected chi connectivity index (χ2v) is 5.59. The minimum absolute atomic E-state index is 0.0727. The molecule has 1 aliphatic rings. The van der Waals surface area contributed by atoms with Gasteiger partial charge in [0.1, 0.15) is 5.75 Å². The van der Waals surface area contributed by atoms with Crippen LogP contribution in [0.3, 0.4) is 0 Å². The van der Waals surface area contributed by atoms with E-state index in [4.69, 9.17) is 9.57 Å². The lowest BCUT2D eigenvalue weighted by atomic mass is 10.1. The number of hydroxylamine groups is 2. The number of carbonyl (C=O) groups is 3. The molecule has 0 N–H and O–H groups in total. The van der Waals surface area contributed by atoms with Gasteiger partial charge in [-0.15, -0.1) is 0 Å². The van der Waals surface area contributed by atoms with E-state index in [2.05, 4.69) is 0 Å². The van der Waals surface area contributed by atoms with Gasteiger partial charge in [0, 0.05) is 0 Å². The molecule has 0 radical (unpaired) electrons. The van der Waals surface area contributed by atoms with E-state index in [1.165, 1.54) is 12.1 Å².